The molecule has 1 nitrogen and oxygen atoms in total. The molecule has 0 heterocycles. The minimum atomic E-state index is -1.84. The third-order valence-corrected chi connectivity index (χ3v) is 5.04. The van der Waals surface area contributed by atoms with E-state index in [0.29, 0.717) is 0 Å². The zero-order valence-corrected chi connectivity index (χ0v) is 12.4. The molecule has 1 atom stereocenters. The molecule has 0 amide bonds. The van der Waals surface area contributed by atoms with E-state index in [9.17, 15) is 4.57 Å². The Labute approximate surface area is 116 Å². The number of aryl methyl sites for hydroxylation is 1. The van der Waals surface area contributed by atoms with Crippen LogP contribution in [0.3, 0.4) is 0 Å². The summed E-state index contributed by atoms with van der Waals surface area (Å²) in [7, 11) is -1.84. The Morgan fingerprint density at radius 2 is 1.47 bits per heavy atom. The van der Waals surface area contributed by atoms with Crippen LogP contribution in [0.2, 0.25) is 0 Å². The first-order chi connectivity index (χ1) is 9.31. The summed E-state index contributed by atoms with van der Waals surface area (Å²) in [5.74, 6) is 0. The maximum Gasteiger partial charge on any atom is 0.131 e. The van der Waals surface area contributed by atoms with Crippen molar-refractivity contribution in [2.75, 3.05) is 0 Å². The van der Waals surface area contributed by atoms with Crippen molar-refractivity contribution in [3.63, 3.8) is 0 Å². The van der Waals surface area contributed by atoms with Crippen molar-refractivity contribution in [1.29, 1.82) is 0 Å². The van der Waals surface area contributed by atoms with E-state index in [1.165, 1.54) is 24.8 Å². The third-order valence-electron chi connectivity index (χ3n) is 3.32. The Kier molecular flexibility index (Phi) is 5.42. The lowest BCUT2D eigenvalue weighted by atomic mass is 10.1. The quantitative estimate of drug-likeness (QED) is 0.575. The van der Waals surface area contributed by atoms with Crippen molar-refractivity contribution in [1.82, 2.24) is 0 Å². The van der Waals surface area contributed by atoms with Gasteiger partial charge in [0.25, 0.3) is 0 Å². The normalized spacial score (nSPS) is 12.3. The van der Waals surface area contributed by atoms with Crippen molar-refractivity contribution in [3.8, 4) is 0 Å². The topological polar surface area (TPSA) is 17.1 Å². The molecule has 2 aromatic rings. The fourth-order valence-corrected chi connectivity index (χ4v) is 3.46. The molecule has 0 saturated heterocycles. The summed E-state index contributed by atoms with van der Waals surface area (Å²) in [6, 6.07) is 18.0. The highest BCUT2D eigenvalue weighted by Gasteiger charge is 2.05. The van der Waals surface area contributed by atoms with Gasteiger partial charge in [0.15, 0.2) is 0 Å². The first kappa shape index (κ1) is 14.1. The van der Waals surface area contributed by atoms with E-state index >= 15 is 0 Å². The van der Waals surface area contributed by atoms with Crippen molar-refractivity contribution < 1.29 is 4.57 Å². The molecule has 1 unspecified atom stereocenters. The molecule has 0 radical (unpaired) electrons. The second-order valence-electron chi connectivity index (χ2n) is 4.85. The molecular formula is C17H21OP. The summed E-state index contributed by atoms with van der Waals surface area (Å²) in [5.41, 5.74) is 1.35. The van der Waals surface area contributed by atoms with Crippen molar-refractivity contribution in [2.45, 2.75) is 32.6 Å². The minimum Gasteiger partial charge on any atom is -0.317 e. The molecule has 2 rings (SSSR count). The molecule has 2 heteroatoms. The first-order valence-corrected chi connectivity index (χ1v) is 8.41. The molecule has 0 aliphatic carbocycles. The van der Waals surface area contributed by atoms with Crippen LogP contribution < -0.4 is 10.6 Å². The van der Waals surface area contributed by atoms with E-state index in [1.54, 1.807) is 0 Å². The average molecular weight is 272 g/mol. The largest absolute Gasteiger partial charge is 0.317 e. The van der Waals surface area contributed by atoms with Crippen LogP contribution in [-0.2, 0) is 11.0 Å². The van der Waals surface area contributed by atoms with Crippen LogP contribution in [0.15, 0.2) is 54.6 Å². The van der Waals surface area contributed by atoms with E-state index in [-0.39, 0.29) is 0 Å². The lowest BCUT2D eigenvalue weighted by molar-refractivity contribution is 0.598. The maximum atomic E-state index is 12.4. The highest BCUT2D eigenvalue weighted by Crippen LogP contribution is 2.19. The number of hydrogen-bond donors (Lipinski definition) is 0. The van der Waals surface area contributed by atoms with Gasteiger partial charge in [-0.3, -0.25) is 0 Å². The lowest BCUT2D eigenvalue weighted by Crippen LogP contribution is -2.06. The first-order valence-electron chi connectivity index (χ1n) is 7.00. The zero-order valence-electron chi connectivity index (χ0n) is 11.4. The Hall–Kier alpha value is -1.33. The highest BCUT2D eigenvalue weighted by atomic mass is 31.1. The monoisotopic (exact) mass is 272 g/mol. The summed E-state index contributed by atoms with van der Waals surface area (Å²) in [6.45, 7) is 2.22. The standard InChI is InChI=1S/C17H21OP/c1-2-3-5-8-15-11-13-17(14-12-15)19(18)16-9-6-4-7-10-16/h4,6-7,9-14,19H,2-3,5,8H2,1H3. The van der Waals surface area contributed by atoms with Gasteiger partial charge >= 0.3 is 0 Å². The van der Waals surface area contributed by atoms with Crippen LogP contribution in [0.1, 0.15) is 31.7 Å². The van der Waals surface area contributed by atoms with Crippen molar-refractivity contribution in [3.05, 3.63) is 60.2 Å². The van der Waals surface area contributed by atoms with Gasteiger partial charge in [0, 0.05) is 10.6 Å². The molecule has 0 fully saturated rings. The second-order valence-corrected chi connectivity index (χ2v) is 6.66. The molecule has 0 aliphatic rings. The van der Waals surface area contributed by atoms with Gasteiger partial charge in [-0.05, 0) is 18.4 Å². The van der Waals surface area contributed by atoms with E-state index in [2.05, 4.69) is 19.1 Å². The zero-order chi connectivity index (χ0) is 13.5. The SMILES string of the molecule is CCCCCc1ccc([PH](=O)c2ccccc2)cc1. The summed E-state index contributed by atoms with van der Waals surface area (Å²) < 4.78 is 12.4. The number of unbranched alkanes of at least 4 members (excludes halogenated alkanes) is 2. The predicted molar refractivity (Wildman–Crippen MR) is 84.4 cm³/mol. The van der Waals surface area contributed by atoms with E-state index < -0.39 is 7.80 Å². The molecule has 0 spiro atoms. The van der Waals surface area contributed by atoms with Gasteiger partial charge in [-0.15, -0.1) is 0 Å². The molecule has 0 saturated carbocycles. The molecular weight excluding hydrogens is 251 g/mol. The van der Waals surface area contributed by atoms with Crippen molar-refractivity contribution in [2.24, 2.45) is 0 Å². The van der Waals surface area contributed by atoms with Crippen LogP contribution in [0.4, 0.5) is 0 Å². The van der Waals surface area contributed by atoms with Crippen LogP contribution >= 0.6 is 7.80 Å². The number of hydrogen-bond acceptors (Lipinski definition) is 1. The average Bonchev–Trinajstić information content (AvgIpc) is 2.48. The van der Waals surface area contributed by atoms with Crippen LogP contribution in [0, 0.1) is 0 Å². The van der Waals surface area contributed by atoms with Gasteiger partial charge < -0.3 is 4.57 Å². The highest BCUT2D eigenvalue weighted by molar-refractivity contribution is 7.61. The van der Waals surface area contributed by atoms with Gasteiger partial charge in [0.2, 0.25) is 0 Å². The fourth-order valence-electron chi connectivity index (χ4n) is 2.16. The van der Waals surface area contributed by atoms with Crippen molar-refractivity contribution >= 4 is 18.4 Å². The Morgan fingerprint density at radius 3 is 2.11 bits per heavy atom. The fraction of sp³-hybridized carbons (Fsp3) is 0.294. The maximum absolute atomic E-state index is 12.4. The smallest absolute Gasteiger partial charge is 0.131 e. The molecule has 0 aromatic heterocycles. The Balaban J connectivity index is 2.04. The van der Waals surface area contributed by atoms with Gasteiger partial charge in [-0.1, -0.05) is 74.4 Å². The van der Waals surface area contributed by atoms with Gasteiger partial charge in [0.1, 0.15) is 7.80 Å². The third kappa shape index (κ3) is 4.08. The van der Waals surface area contributed by atoms with Crippen LogP contribution in [0.25, 0.3) is 0 Å². The minimum absolute atomic E-state index is 0.936. The molecule has 100 valence electrons. The molecule has 0 aliphatic heterocycles. The summed E-state index contributed by atoms with van der Waals surface area (Å²) in [6.07, 6.45) is 4.90. The van der Waals surface area contributed by atoms with Gasteiger partial charge in [-0.25, -0.2) is 0 Å². The van der Waals surface area contributed by atoms with E-state index in [1.807, 2.05) is 42.5 Å². The summed E-state index contributed by atoms with van der Waals surface area (Å²) in [4.78, 5) is 0. The van der Waals surface area contributed by atoms with E-state index in [4.69, 9.17) is 0 Å². The number of rotatable bonds is 6. The molecule has 0 N–H and O–H groups in total. The van der Waals surface area contributed by atoms with Gasteiger partial charge in [0.05, 0.1) is 0 Å². The molecule has 0 bridgehead atoms. The van der Waals surface area contributed by atoms with Crippen LogP contribution in [-0.4, -0.2) is 0 Å². The lowest BCUT2D eigenvalue weighted by Gasteiger charge is -2.05. The summed E-state index contributed by atoms with van der Waals surface area (Å²) >= 11 is 0. The Bertz CT molecular complexity index is 517. The number of benzene rings is 2. The molecule has 2 aromatic carbocycles. The second kappa shape index (κ2) is 7.31. The van der Waals surface area contributed by atoms with E-state index in [0.717, 1.165) is 17.0 Å². The predicted octanol–water partition coefficient (Wildman–Crippen LogP) is 3.93. The Morgan fingerprint density at radius 1 is 0.842 bits per heavy atom. The molecule has 19 heavy (non-hydrogen) atoms. The summed E-state index contributed by atoms with van der Waals surface area (Å²) in [5, 5.41) is 1.89. The van der Waals surface area contributed by atoms with Gasteiger partial charge in [-0.2, -0.15) is 0 Å². The van der Waals surface area contributed by atoms with Crippen LogP contribution in [0.5, 0.6) is 0 Å².